The summed E-state index contributed by atoms with van der Waals surface area (Å²) in [6, 6.07) is 0. The standard InChI is InChI=1S/C10H16F2/c1-6-7(2)8(3)9(4)10(5,11)12/h6H,1-5H3. The van der Waals surface area contributed by atoms with Crippen LogP contribution in [0.5, 0.6) is 0 Å². The molecule has 12 heavy (non-hydrogen) atoms. The van der Waals surface area contributed by atoms with Crippen molar-refractivity contribution in [1.82, 2.24) is 0 Å². The van der Waals surface area contributed by atoms with Crippen molar-refractivity contribution in [2.45, 2.75) is 40.5 Å². The van der Waals surface area contributed by atoms with Gasteiger partial charge in [0.1, 0.15) is 0 Å². The minimum Gasteiger partial charge on any atom is -0.202 e. The Balaban J connectivity index is 4.96. The van der Waals surface area contributed by atoms with Crippen LogP contribution in [0.4, 0.5) is 8.78 Å². The second kappa shape index (κ2) is 3.83. The van der Waals surface area contributed by atoms with E-state index in [4.69, 9.17) is 0 Å². The second-order valence-corrected chi connectivity index (χ2v) is 3.11. The number of halogens is 2. The lowest BCUT2D eigenvalue weighted by Crippen LogP contribution is -2.13. The van der Waals surface area contributed by atoms with Gasteiger partial charge in [-0.1, -0.05) is 11.6 Å². The summed E-state index contributed by atoms with van der Waals surface area (Å²) in [5.41, 5.74) is 1.75. The second-order valence-electron chi connectivity index (χ2n) is 3.11. The Bertz CT molecular complexity index is 216. The monoisotopic (exact) mass is 174 g/mol. The molecule has 0 aliphatic carbocycles. The molecule has 0 aromatic rings. The first-order chi connectivity index (χ1) is 5.30. The minimum absolute atomic E-state index is 0.151. The highest BCUT2D eigenvalue weighted by Gasteiger charge is 2.25. The molecule has 0 rings (SSSR count). The van der Waals surface area contributed by atoms with Crippen LogP contribution >= 0.6 is 0 Å². The van der Waals surface area contributed by atoms with E-state index >= 15 is 0 Å². The van der Waals surface area contributed by atoms with Crippen molar-refractivity contribution in [2.24, 2.45) is 0 Å². The Kier molecular flexibility index (Phi) is 3.62. The van der Waals surface area contributed by atoms with E-state index in [-0.39, 0.29) is 5.57 Å². The first kappa shape index (κ1) is 11.3. The molecule has 0 atom stereocenters. The van der Waals surface area contributed by atoms with E-state index in [1.165, 1.54) is 6.92 Å². The van der Waals surface area contributed by atoms with Gasteiger partial charge in [0.2, 0.25) is 0 Å². The molecule has 0 heterocycles. The Morgan fingerprint density at radius 1 is 1.17 bits per heavy atom. The molecule has 0 radical (unpaired) electrons. The normalized spacial score (nSPS) is 16.1. The average Bonchev–Trinajstić information content (AvgIpc) is 1.98. The summed E-state index contributed by atoms with van der Waals surface area (Å²) < 4.78 is 25.6. The fraction of sp³-hybridized carbons (Fsp3) is 0.600. The zero-order valence-corrected chi connectivity index (χ0v) is 8.33. The molecule has 0 aliphatic heterocycles. The SMILES string of the molecule is CC=C(C)C(C)=C(C)C(C)(F)F. The van der Waals surface area contributed by atoms with E-state index in [1.807, 2.05) is 19.9 Å². The van der Waals surface area contributed by atoms with Crippen molar-refractivity contribution in [3.63, 3.8) is 0 Å². The third-order valence-corrected chi connectivity index (χ3v) is 2.25. The summed E-state index contributed by atoms with van der Waals surface area (Å²) in [6.07, 6.45) is 1.84. The predicted molar refractivity (Wildman–Crippen MR) is 48.4 cm³/mol. The van der Waals surface area contributed by atoms with Gasteiger partial charge in [0.25, 0.3) is 5.92 Å². The van der Waals surface area contributed by atoms with E-state index in [1.54, 1.807) is 6.92 Å². The summed E-state index contributed by atoms with van der Waals surface area (Å²) in [6.45, 7) is 7.81. The van der Waals surface area contributed by atoms with Gasteiger partial charge in [-0.15, -0.1) is 0 Å². The summed E-state index contributed by atoms with van der Waals surface area (Å²) in [5.74, 6) is -2.70. The molecule has 0 saturated heterocycles. The van der Waals surface area contributed by atoms with Crippen LogP contribution < -0.4 is 0 Å². The van der Waals surface area contributed by atoms with Gasteiger partial charge >= 0.3 is 0 Å². The molecule has 0 bridgehead atoms. The van der Waals surface area contributed by atoms with Crippen LogP contribution in [0.1, 0.15) is 34.6 Å². The molecular weight excluding hydrogens is 158 g/mol. The lowest BCUT2D eigenvalue weighted by molar-refractivity contribution is 0.0625. The van der Waals surface area contributed by atoms with Crippen LogP contribution in [0.25, 0.3) is 0 Å². The summed E-state index contributed by atoms with van der Waals surface area (Å²) in [4.78, 5) is 0. The van der Waals surface area contributed by atoms with E-state index in [9.17, 15) is 8.78 Å². The first-order valence-corrected chi connectivity index (χ1v) is 3.99. The van der Waals surface area contributed by atoms with Crippen molar-refractivity contribution in [3.05, 3.63) is 22.8 Å². The first-order valence-electron chi connectivity index (χ1n) is 3.99. The maximum atomic E-state index is 12.8. The average molecular weight is 174 g/mol. The molecule has 0 saturated carbocycles. The minimum atomic E-state index is -2.70. The smallest absolute Gasteiger partial charge is 0.202 e. The Morgan fingerprint density at radius 2 is 1.58 bits per heavy atom. The Morgan fingerprint density at radius 3 is 1.83 bits per heavy atom. The van der Waals surface area contributed by atoms with E-state index < -0.39 is 5.92 Å². The predicted octanol–water partition coefficient (Wildman–Crippen LogP) is 3.94. The van der Waals surface area contributed by atoms with Gasteiger partial charge < -0.3 is 0 Å². The quantitative estimate of drug-likeness (QED) is 0.556. The van der Waals surface area contributed by atoms with E-state index in [0.717, 1.165) is 12.5 Å². The molecule has 0 unspecified atom stereocenters. The lowest BCUT2D eigenvalue weighted by Gasteiger charge is -2.14. The van der Waals surface area contributed by atoms with Crippen LogP contribution in [-0.4, -0.2) is 5.92 Å². The van der Waals surface area contributed by atoms with Crippen LogP contribution in [0.15, 0.2) is 22.8 Å². The highest BCUT2D eigenvalue weighted by molar-refractivity contribution is 5.33. The fourth-order valence-corrected chi connectivity index (χ4v) is 0.841. The zero-order chi connectivity index (χ0) is 9.94. The van der Waals surface area contributed by atoms with Gasteiger partial charge in [0, 0.05) is 6.92 Å². The van der Waals surface area contributed by atoms with Gasteiger partial charge in [0.15, 0.2) is 0 Å². The molecule has 0 aromatic carbocycles. The third-order valence-electron chi connectivity index (χ3n) is 2.25. The van der Waals surface area contributed by atoms with Crippen molar-refractivity contribution in [2.75, 3.05) is 0 Å². The van der Waals surface area contributed by atoms with Crippen molar-refractivity contribution >= 4 is 0 Å². The summed E-state index contributed by atoms with van der Waals surface area (Å²) >= 11 is 0. The highest BCUT2D eigenvalue weighted by Crippen LogP contribution is 2.28. The largest absolute Gasteiger partial charge is 0.266 e. The summed E-state index contributed by atoms with van der Waals surface area (Å²) in [5, 5.41) is 0. The summed E-state index contributed by atoms with van der Waals surface area (Å²) in [7, 11) is 0. The molecule has 0 nitrogen and oxygen atoms in total. The van der Waals surface area contributed by atoms with Gasteiger partial charge in [-0.05, 0) is 38.8 Å². The molecule has 0 spiro atoms. The Hall–Kier alpha value is -0.660. The van der Waals surface area contributed by atoms with E-state index in [0.29, 0.717) is 5.57 Å². The van der Waals surface area contributed by atoms with Gasteiger partial charge in [-0.3, -0.25) is 0 Å². The maximum absolute atomic E-state index is 12.8. The lowest BCUT2D eigenvalue weighted by atomic mass is 10.00. The highest BCUT2D eigenvalue weighted by atomic mass is 19.3. The number of allylic oxidation sites excluding steroid dienone is 4. The number of hydrogen-bond acceptors (Lipinski definition) is 0. The molecule has 2 heteroatoms. The van der Waals surface area contributed by atoms with Crippen molar-refractivity contribution in [3.8, 4) is 0 Å². The molecule has 70 valence electrons. The molecular formula is C10H16F2. The van der Waals surface area contributed by atoms with Crippen LogP contribution in [0, 0.1) is 0 Å². The molecule has 0 amide bonds. The Labute approximate surface area is 73.0 Å². The zero-order valence-electron chi connectivity index (χ0n) is 8.33. The topological polar surface area (TPSA) is 0 Å². The van der Waals surface area contributed by atoms with E-state index in [2.05, 4.69) is 0 Å². The van der Waals surface area contributed by atoms with Crippen molar-refractivity contribution < 1.29 is 8.78 Å². The van der Waals surface area contributed by atoms with Crippen LogP contribution in [-0.2, 0) is 0 Å². The molecule has 0 aliphatic rings. The fourth-order valence-electron chi connectivity index (χ4n) is 0.841. The van der Waals surface area contributed by atoms with Gasteiger partial charge in [-0.2, -0.15) is 0 Å². The van der Waals surface area contributed by atoms with Gasteiger partial charge in [0.05, 0.1) is 0 Å². The molecule has 0 fully saturated rings. The number of rotatable bonds is 2. The molecule has 0 aromatic heterocycles. The van der Waals surface area contributed by atoms with Crippen LogP contribution in [0.3, 0.4) is 0 Å². The van der Waals surface area contributed by atoms with Gasteiger partial charge in [-0.25, -0.2) is 8.78 Å². The van der Waals surface area contributed by atoms with Crippen LogP contribution in [0.2, 0.25) is 0 Å². The molecule has 0 N–H and O–H groups in total. The third kappa shape index (κ3) is 2.76. The number of hydrogen-bond donors (Lipinski definition) is 0. The number of alkyl halides is 2. The maximum Gasteiger partial charge on any atom is 0.266 e. The van der Waals surface area contributed by atoms with Crippen molar-refractivity contribution in [1.29, 1.82) is 0 Å².